The molecule has 1 atom stereocenters. The van der Waals surface area contributed by atoms with E-state index in [4.69, 9.17) is 10.5 Å². The smallest absolute Gasteiger partial charge is 0.422 e. The highest BCUT2D eigenvalue weighted by Gasteiger charge is 2.28. The standard InChI is InChI=1S/C14H19F3N2O3.ClH/c1-9-5-10(19-13(20)6-11(7-18)21-2)3-4-12(9)22-8-14(15,16)17;/h3-5,11H,6-8,18H2,1-2H3,(H,19,20);1H. The van der Waals surface area contributed by atoms with Crippen molar-refractivity contribution >= 4 is 24.0 Å². The van der Waals surface area contributed by atoms with Gasteiger partial charge in [0.05, 0.1) is 12.5 Å². The Morgan fingerprint density at radius 3 is 2.52 bits per heavy atom. The molecule has 0 radical (unpaired) electrons. The number of benzene rings is 1. The molecule has 1 rings (SSSR count). The molecule has 0 aliphatic carbocycles. The molecular formula is C14H20ClF3N2O3. The lowest BCUT2D eigenvalue weighted by atomic mass is 10.2. The van der Waals surface area contributed by atoms with Crippen molar-refractivity contribution in [1.29, 1.82) is 0 Å². The van der Waals surface area contributed by atoms with E-state index >= 15 is 0 Å². The molecule has 0 aliphatic heterocycles. The highest BCUT2D eigenvalue weighted by atomic mass is 35.5. The summed E-state index contributed by atoms with van der Waals surface area (Å²) in [4.78, 5) is 11.8. The van der Waals surface area contributed by atoms with E-state index in [1.54, 1.807) is 6.92 Å². The Morgan fingerprint density at radius 1 is 1.39 bits per heavy atom. The predicted molar refractivity (Wildman–Crippen MR) is 83.1 cm³/mol. The molecule has 0 aliphatic rings. The number of hydrogen-bond donors (Lipinski definition) is 2. The first kappa shape index (κ1) is 21.5. The Morgan fingerprint density at radius 2 is 2.04 bits per heavy atom. The maximum atomic E-state index is 12.1. The number of ether oxygens (including phenoxy) is 2. The molecule has 5 nitrogen and oxygen atoms in total. The van der Waals surface area contributed by atoms with Gasteiger partial charge in [0.1, 0.15) is 5.75 Å². The molecule has 132 valence electrons. The number of rotatable bonds is 7. The van der Waals surface area contributed by atoms with Crippen LogP contribution < -0.4 is 15.8 Å². The monoisotopic (exact) mass is 356 g/mol. The number of alkyl halides is 3. The average Bonchev–Trinajstić information content (AvgIpc) is 2.42. The summed E-state index contributed by atoms with van der Waals surface area (Å²) < 4.78 is 46.0. The summed E-state index contributed by atoms with van der Waals surface area (Å²) in [5.41, 5.74) is 6.38. The van der Waals surface area contributed by atoms with Gasteiger partial charge in [-0.05, 0) is 30.7 Å². The number of nitrogens with one attached hydrogen (secondary N) is 1. The zero-order chi connectivity index (χ0) is 16.8. The van der Waals surface area contributed by atoms with Crippen LogP contribution in [0.4, 0.5) is 18.9 Å². The molecule has 1 aromatic rings. The maximum Gasteiger partial charge on any atom is 0.422 e. The van der Waals surface area contributed by atoms with Gasteiger partial charge in [0.15, 0.2) is 6.61 Å². The van der Waals surface area contributed by atoms with E-state index in [0.717, 1.165) is 0 Å². The summed E-state index contributed by atoms with van der Waals surface area (Å²) in [6.07, 6.45) is -4.68. The molecule has 0 aromatic heterocycles. The van der Waals surface area contributed by atoms with Crippen LogP contribution in [0.3, 0.4) is 0 Å². The summed E-state index contributed by atoms with van der Waals surface area (Å²) in [5, 5.41) is 2.63. The molecule has 1 unspecified atom stereocenters. The number of nitrogens with two attached hydrogens (primary N) is 1. The molecule has 3 N–H and O–H groups in total. The van der Waals surface area contributed by atoms with E-state index in [1.165, 1.54) is 25.3 Å². The second kappa shape index (κ2) is 9.59. The van der Waals surface area contributed by atoms with E-state index in [9.17, 15) is 18.0 Å². The van der Waals surface area contributed by atoms with Crippen molar-refractivity contribution in [2.45, 2.75) is 25.6 Å². The van der Waals surface area contributed by atoms with Gasteiger partial charge in [-0.2, -0.15) is 13.2 Å². The van der Waals surface area contributed by atoms with Gasteiger partial charge in [-0.3, -0.25) is 4.79 Å². The maximum absolute atomic E-state index is 12.1. The minimum Gasteiger partial charge on any atom is -0.484 e. The molecular weight excluding hydrogens is 337 g/mol. The van der Waals surface area contributed by atoms with E-state index in [-0.39, 0.29) is 43.1 Å². The van der Waals surface area contributed by atoms with E-state index < -0.39 is 12.8 Å². The van der Waals surface area contributed by atoms with Crippen LogP contribution >= 0.6 is 12.4 Å². The molecule has 0 spiro atoms. The minimum atomic E-state index is -4.39. The third-order valence-electron chi connectivity index (χ3n) is 2.86. The lowest BCUT2D eigenvalue weighted by Gasteiger charge is -2.14. The van der Waals surface area contributed by atoms with Gasteiger partial charge >= 0.3 is 6.18 Å². The predicted octanol–water partition coefficient (Wildman–Crippen LogP) is 2.66. The Kier molecular flexibility index (Phi) is 8.96. The summed E-state index contributed by atoms with van der Waals surface area (Å²) >= 11 is 0. The Bertz CT molecular complexity index is 509. The van der Waals surface area contributed by atoms with Crippen molar-refractivity contribution < 1.29 is 27.4 Å². The van der Waals surface area contributed by atoms with Crippen LogP contribution in [0.25, 0.3) is 0 Å². The number of carbonyl (C=O) groups excluding carboxylic acids is 1. The highest BCUT2D eigenvalue weighted by Crippen LogP contribution is 2.24. The number of anilines is 1. The second-order valence-electron chi connectivity index (χ2n) is 4.73. The fourth-order valence-electron chi connectivity index (χ4n) is 1.73. The number of halogens is 4. The van der Waals surface area contributed by atoms with E-state index in [2.05, 4.69) is 10.1 Å². The summed E-state index contributed by atoms with van der Waals surface area (Å²) in [6, 6.07) is 4.39. The normalized spacial score (nSPS) is 12.3. The highest BCUT2D eigenvalue weighted by molar-refractivity contribution is 5.91. The van der Waals surface area contributed by atoms with E-state index in [0.29, 0.717) is 11.3 Å². The third-order valence-corrected chi connectivity index (χ3v) is 2.86. The SMILES string of the molecule is COC(CN)CC(=O)Nc1ccc(OCC(F)(F)F)c(C)c1.Cl. The lowest BCUT2D eigenvalue weighted by molar-refractivity contribution is -0.153. The van der Waals surface area contributed by atoms with Crippen molar-refractivity contribution in [1.82, 2.24) is 0 Å². The molecule has 23 heavy (non-hydrogen) atoms. The number of methoxy groups -OCH3 is 1. The first-order valence-electron chi connectivity index (χ1n) is 6.58. The quantitative estimate of drug-likeness (QED) is 0.787. The van der Waals surface area contributed by atoms with Crippen molar-refractivity contribution in [3.05, 3.63) is 23.8 Å². The second-order valence-corrected chi connectivity index (χ2v) is 4.73. The van der Waals surface area contributed by atoms with Crippen LogP contribution in [0.1, 0.15) is 12.0 Å². The van der Waals surface area contributed by atoms with Gasteiger partial charge in [-0.15, -0.1) is 12.4 Å². The average molecular weight is 357 g/mol. The first-order valence-corrected chi connectivity index (χ1v) is 6.58. The number of amides is 1. The molecule has 1 aromatic carbocycles. The molecule has 0 bridgehead atoms. The third kappa shape index (κ3) is 8.06. The van der Waals surface area contributed by atoms with Gasteiger partial charge < -0.3 is 20.5 Å². The summed E-state index contributed by atoms with van der Waals surface area (Å²) in [7, 11) is 1.46. The summed E-state index contributed by atoms with van der Waals surface area (Å²) in [5.74, 6) is -0.173. The van der Waals surface area contributed by atoms with Crippen LogP contribution in [-0.4, -0.2) is 38.4 Å². The zero-order valence-electron chi connectivity index (χ0n) is 12.8. The molecule has 0 heterocycles. The Labute approximate surface area is 138 Å². The Hall–Kier alpha value is -1.51. The largest absolute Gasteiger partial charge is 0.484 e. The van der Waals surface area contributed by atoms with Crippen molar-refractivity contribution in [3.8, 4) is 5.75 Å². The lowest BCUT2D eigenvalue weighted by Crippen LogP contribution is -2.28. The molecule has 0 saturated heterocycles. The fraction of sp³-hybridized carbons (Fsp3) is 0.500. The summed E-state index contributed by atoms with van der Waals surface area (Å²) in [6.45, 7) is 0.456. The number of aryl methyl sites for hydroxylation is 1. The zero-order valence-corrected chi connectivity index (χ0v) is 13.6. The van der Waals surface area contributed by atoms with Gasteiger partial charge in [-0.25, -0.2) is 0 Å². The number of hydrogen-bond acceptors (Lipinski definition) is 4. The van der Waals surface area contributed by atoms with Gasteiger partial charge in [0.2, 0.25) is 5.91 Å². The van der Waals surface area contributed by atoms with Crippen LogP contribution in [0, 0.1) is 6.92 Å². The van der Waals surface area contributed by atoms with Gasteiger partial charge in [0.25, 0.3) is 0 Å². The fourth-order valence-corrected chi connectivity index (χ4v) is 1.73. The number of carbonyl (C=O) groups is 1. The van der Waals surface area contributed by atoms with Crippen molar-refractivity contribution in [3.63, 3.8) is 0 Å². The molecule has 0 fully saturated rings. The van der Waals surface area contributed by atoms with E-state index in [1.807, 2.05) is 0 Å². The minimum absolute atomic E-state index is 0. The van der Waals surface area contributed by atoms with Gasteiger partial charge in [-0.1, -0.05) is 0 Å². The first-order chi connectivity index (χ1) is 10.2. The molecule has 9 heteroatoms. The van der Waals surface area contributed by atoms with Crippen LogP contribution in [-0.2, 0) is 9.53 Å². The molecule has 0 saturated carbocycles. The Balaban J connectivity index is 0.00000484. The van der Waals surface area contributed by atoms with Crippen molar-refractivity contribution in [2.24, 2.45) is 5.73 Å². The van der Waals surface area contributed by atoms with Crippen LogP contribution in [0.5, 0.6) is 5.75 Å². The van der Waals surface area contributed by atoms with Crippen molar-refractivity contribution in [2.75, 3.05) is 25.6 Å². The topological polar surface area (TPSA) is 73.6 Å². The van der Waals surface area contributed by atoms with Gasteiger partial charge in [0, 0.05) is 19.3 Å². The van der Waals surface area contributed by atoms with Crippen LogP contribution in [0.15, 0.2) is 18.2 Å². The molecule has 1 amide bonds. The van der Waals surface area contributed by atoms with Crippen LogP contribution in [0.2, 0.25) is 0 Å².